The lowest BCUT2D eigenvalue weighted by Gasteiger charge is -2.22. The predicted molar refractivity (Wildman–Crippen MR) is 73.6 cm³/mol. The highest BCUT2D eigenvalue weighted by Gasteiger charge is 2.20. The van der Waals surface area contributed by atoms with Crippen molar-refractivity contribution in [3.05, 3.63) is 41.7 Å². The monoisotopic (exact) mass is 230 g/mol. The van der Waals surface area contributed by atoms with Gasteiger partial charge in [0.05, 0.1) is 0 Å². The van der Waals surface area contributed by atoms with Gasteiger partial charge in [-0.3, -0.25) is 0 Å². The van der Waals surface area contributed by atoms with Crippen molar-refractivity contribution >= 4 is 5.52 Å². The minimum absolute atomic E-state index is 0.560. The summed E-state index contributed by atoms with van der Waals surface area (Å²) in [6, 6.07) is 8.65. The maximum absolute atomic E-state index is 3.32. The van der Waals surface area contributed by atoms with Gasteiger partial charge < -0.3 is 9.72 Å². The van der Waals surface area contributed by atoms with Gasteiger partial charge in [-0.05, 0) is 43.7 Å². The molecule has 2 aromatic heterocycles. The molecule has 0 amide bonds. The van der Waals surface area contributed by atoms with Crippen molar-refractivity contribution in [1.29, 1.82) is 0 Å². The van der Waals surface area contributed by atoms with E-state index in [1.807, 2.05) is 7.05 Å². The first-order valence-electron chi connectivity index (χ1n) is 6.36. The molecule has 2 nitrogen and oxygen atoms in total. The van der Waals surface area contributed by atoms with Crippen molar-refractivity contribution in [3.63, 3.8) is 0 Å². The maximum Gasteiger partial charge on any atom is 0.0455 e. The van der Waals surface area contributed by atoms with Gasteiger partial charge in [-0.2, -0.15) is 0 Å². The van der Waals surface area contributed by atoms with Crippen LogP contribution in [-0.4, -0.2) is 18.0 Å². The van der Waals surface area contributed by atoms with Crippen LogP contribution in [-0.2, 0) is 0 Å². The van der Waals surface area contributed by atoms with Crippen LogP contribution < -0.4 is 5.32 Å². The molecule has 0 saturated heterocycles. The first-order chi connectivity index (χ1) is 8.15. The van der Waals surface area contributed by atoms with Crippen LogP contribution in [0.15, 0.2) is 30.5 Å². The molecule has 0 aliphatic carbocycles. The third-order valence-electron chi connectivity index (χ3n) is 3.50. The van der Waals surface area contributed by atoms with Crippen molar-refractivity contribution in [2.75, 3.05) is 13.6 Å². The fourth-order valence-electron chi connectivity index (χ4n) is 2.62. The first kappa shape index (κ1) is 12.2. The Labute approximate surface area is 104 Å². The van der Waals surface area contributed by atoms with Gasteiger partial charge in [-0.1, -0.05) is 19.9 Å². The Morgan fingerprint density at radius 1 is 1.29 bits per heavy atom. The fraction of sp³-hybridized carbons (Fsp3) is 0.467. The van der Waals surface area contributed by atoms with Crippen LogP contribution in [0.3, 0.4) is 0 Å². The van der Waals surface area contributed by atoms with Gasteiger partial charge in [-0.15, -0.1) is 0 Å². The van der Waals surface area contributed by atoms with E-state index in [0.29, 0.717) is 11.8 Å². The maximum atomic E-state index is 3.32. The minimum Gasteiger partial charge on any atom is -0.320 e. The average molecular weight is 230 g/mol. The van der Waals surface area contributed by atoms with E-state index in [2.05, 4.69) is 61.0 Å². The number of hydrogen-bond donors (Lipinski definition) is 1. The SMILES string of the molecule is CNCC(c1c(C)cc2ccccn12)C(C)C. The van der Waals surface area contributed by atoms with Crippen molar-refractivity contribution < 1.29 is 0 Å². The van der Waals surface area contributed by atoms with Crippen LogP contribution in [0.2, 0.25) is 0 Å². The Balaban J connectivity index is 2.55. The number of aromatic nitrogens is 1. The van der Waals surface area contributed by atoms with Crippen molar-refractivity contribution in [2.45, 2.75) is 26.7 Å². The van der Waals surface area contributed by atoms with Gasteiger partial charge in [0.15, 0.2) is 0 Å². The van der Waals surface area contributed by atoms with Crippen LogP contribution in [0.5, 0.6) is 0 Å². The summed E-state index contributed by atoms with van der Waals surface area (Å²) in [6.45, 7) is 7.83. The summed E-state index contributed by atoms with van der Waals surface area (Å²) in [6.07, 6.45) is 2.17. The lowest BCUT2D eigenvalue weighted by atomic mass is 9.90. The average Bonchev–Trinajstić information content (AvgIpc) is 2.62. The minimum atomic E-state index is 0.560. The number of likely N-dealkylation sites (N-methyl/N-ethyl adjacent to an activating group) is 1. The molecule has 0 aliphatic heterocycles. The van der Waals surface area contributed by atoms with Gasteiger partial charge in [0, 0.05) is 29.9 Å². The summed E-state index contributed by atoms with van der Waals surface area (Å²) in [5.74, 6) is 1.20. The Bertz CT molecular complexity index is 497. The van der Waals surface area contributed by atoms with E-state index in [1.54, 1.807) is 0 Å². The molecule has 0 saturated carbocycles. The second-order valence-electron chi connectivity index (χ2n) is 5.12. The molecule has 1 unspecified atom stereocenters. The van der Waals surface area contributed by atoms with Gasteiger partial charge >= 0.3 is 0 Å². The van der Waals surface area contributed by atoms with Gasteiger partial charge in [0.2, 0.25) is 0 Å². The Morgan fingerprint density at radius 2 is 2.06 bits per heavy atom. The summed E-state index contributed by atoms with van der Waals surface area (Å²) in [7, 11) is 2.03. The van der Waals surface area contributed by atoms with Gasteiger partial charge in [-0.25, -0.2) is 0 Å². The topological polar surface area (TPSA) is 16.4 Å². The molecule has 2 rings (SSSR count). The Kier molecular flexibility index (Phi) is 3.53. The van der Waals surface area contributed by atoms with Gasteiger partial charge in [0.1, 0.15) is 0 Å². The molecule has 0 fully saturated rings. The van der Waals surface area contributed by atoms with E-state index in [0.717, 1.165) is 6.54 Å². The predicted octanol–water partition coefficient (Wildman–Crippen LogP) is 3.21. The van der Waals surface area contributed by atoms with Crippen LogP contribution in [0.1, 0.15) is 31.0 Å². The lowest BCUT2D eigenvalue weighted by Crippen LogP contribution is -2.23. The summed E-state index contributed by atoms with van der Waals surface area (Å²) < 4.78 is 2.33. The standard InChI is InChI=1S/C15H22N2/c1-11(2)14(10-16-4)15-12(3)9-13-7-5-6-8-17(13)15/h5-9,11,14,16H,10H2,1-4H3. The molecule has 2 heteroatoms. The van der Waals surface area contributed by atoms with Gasteiger partial charge in [0.25, 0.3) is 0 Å². The molecule has 0 aromatic carbocycles. The highest BCUT2D eigenvalue weighted by molar-refractivity contribution is 5.54. The molecule has 0 radical (unpaired) electrons. The van der Waals surface area contributed by atoms with Crippen molar-refractivity contribution in [3.8, 4) is 0 Å². The molecule has 0 spiro atoms. The van der Waals surface area contributed by atoms with E-state index in [-0.39, 0.29) is 0 Å². The number of aryl methyl sites for hydroxylation is 1. The normalized spacial score (nSPS) is 13.5. The molecule has 92 valence electrons. The zero-order valence-electron chi connectivity index (χ0n) is 11.2. The van der Waals surface area contributed by atoms with E-state index in [1.165, 1.54) is 16.8 Å². The zero-order valence-corrected chi connectivity index (χ0v) is 11.2. The summed E-state index contributed by atoms with van der Waals surface area (Å²) in [5.41, 5.74) is 4.14. The third-order valence-corrected chi connectivity index (χ3v) is 3.50. The first-order valence-corrected chi connectivity index (χ1v) is 6.36. The molecule has 17 heavy (non-hydrogen) atoms. The molecule has 0 bridgehead atoms. The number of hydrogen-bond acceptors (Lipinski definition) is 1. The van der Waals surface area contributed by atoms with Crippen LogP contribution in [0.25, 0.3) is 5.52 Å². The molecule has 0 aliphatic rings. The summed E-state index contributed by atoms with van der Waals surface area (Å²) in [5, 5.41) is 3.32. The van der Waals surface area contributed by atoms with Crippen LogP contribution in [0.4, 0.5) is 0 Å². The summed E-state index contributed by atoms with van der Waals surface area (Å²) in [4.78, 5) is 0. The third kappa shape index (κ3) is 2.22. The Morgan fingerprint density at radius 3 is 2.71 bits per heavy atom. The second-order valence-corrected chi connectivity index (χ2v) is 5.12. The molecule has 2 aromatic rings. The van der Waals surface area contributed by atoms with E-state index in [4.69, 9.17) is 0 Å². The lowest BCUT2D eigenvalue weighted by molar-refractivity contribution is 0.465. The van der Waals surface area contributed by atoms with Crippen molar-refractivity contribution in [2.24, 2.45) is 5.92 Å². The number of pyridine rings is 1. The largest absolute Gasteiger partial charge is 0.320 e. The van der Waals surface area contributed by atoms with E-state index in [9.17, 15) is 0 Å². The number of nitrogens with zero attached hydrogens (tertiary/aromatic N) is 1. The van der Waals surface area contributed by atoms with Crippen LogP contribution in [0, 0.1) is 12.8 Å². The molecule has 2 heterocycles. The fourth-order valence-corrected chi connectivity index (χ4v) is 2.62. The highest BCUT2D eigenvalue weighted by Crippen LogP contribution is 2.29. The molecular weight excluding hydrogens is 208 g/mol. The van der Waals surface area contributed by atoms with Crippen LogP contribution >= 0.6 is 0 Å². The molecule has 1 N–H and O–H groups in total. The quantitative estimate of drug-likeness (QED) is 0.853. The van der Waals surface area contributed by atoms with Crippen molar-refractivity contribution in [1.82, 2.24) is 9.72 Å². The number of nitrogens with one attached hydrogen (secondary N) is 1. The zero-order chi connectivity index (χ0) is 12.4. The second kappa shape index (κ2) is 4.92. The number of fused-ring (bicyclic) bond motifs is 1. The highest BCUT2D eigenvalue weighted by atomic mass is 14.9. The number of rotatable bonds is 4. The van der Waals surface area contributed by atoms with E-state index < -0.39 is 0 Å². The summed E-state index contributed by atoms with van der Waals surface area (Å²) >= 11 is 0. The Hall–Kier alpha value is -1.28. The smallest absolute Gasteiger partial charge is 0.0455 e. The molecular formula is C15H22N2. The van der Waals surface area contributed by atoms with E-state index >= 15 is 0 Å². The molecule has 1 atom stereocenters.